The molecule has 0 bridgehead atoms. The van der Waals surface area contributed by atoms with Crippen molar-refractivity contribution in [2.24, 2.45) is 0 Å². The molecule has 2 aliphatic rings. The second-order valence-corrected chi connectivity index (χ2v) is 10.6. The molecule has 7 nitrogen and oxygen atoms in total. The minimum atomic E-state index is -0.277. The highest BCUT2D eigenvalue weighted by molar-refractivity contribution is 8.00. The number of carbonyl (C=O) groups excluding carboxylic acids is 1. The second-order valence-electron chi connectivity index (χ2n) is 9.32. The Morgan fingerprint density at radius 1 is 1.09 bits per heavy atom. The number of fused-ring (bicyclic) bond motifs is 3. The summed E-state index contributed by atoms with van der Waals surface area (Å²) in [5.41, 5.74) is 3.24. The zero-order valence-electron chi connectivity index (χ0n) is 19.7. The van der Waals surface area contributed by atoms with E-state index in [1.54, 1.807) is 0 Å². The van der Waals surface area contributed by atoms with E-state index in [4.69, 9.17) is 0 Å². The van der Waals surface area contributed by atoms with Crippen LogP contribution >= 0.6 is 11.8 Å². The van der Waals surface area contributed by atoms with E-state index in [1.807, 2.05) is 13.0 Å². The highest BCUT2D eigenvalue weighted by Crippen LogP contribution is 2.42. The normalized spacial score (nSPS) is 17.1. The van der Waals surface area contributed by atoms with Crippen molar-refractivity contribution in [1.82, 2.24) is 19.3 Å². The summed E-state index contributed by atoms with van der Waals surface area (Å²) in [4.78, 5) is 15.5. The second kappa shape index (κ2) is 8.65. The predicted molar refractivity (Wildman–Crippen MR) is 139 cm³/mol. The number of aromatic nitrogens is 4. The number of nitrogens with zero attached hydrogens (tertiary/aromatic N) is 5. The van der Waals surface area contributed by atoms with Gasteiger partial charge in [-0.3, -0.25) is 9.36 Å². The van der Waals surface area contributed by atoms with Crippen molar-refractivity contribution < 1.29 is 4.79 Å². The summed E-state index contributed by atoms with van der Waals surface area (Å²) in [5.74, 6) is 0.963. The summed E-state index contributed by atoms with van der Waals surface area (Å²) in [5, 5.41) is 15.1. The van der Waals surface area contributed by atoms with Gasteiger partial charge in [-0.1, -0.05) is 30.0 Å². The molecule has 0 spiro atoms. The fourth-order valence-corrected chi connectivity index (χ4v) is 5.98. The van der Waals surface area contributed by atoms with Crippen LogP contribution in [0.1, 0.15) is 45.6 Å². The van der Waals surface area contributed by atoms with Crippen molar-refractivity contribution in [1.29, 1.82) is 0 Å². The Labute approximate surface area is 203 Å². The zero-order chi connectivity index (χ0) is 23.2. The average Bonchev–Trinajstić information content (AvgIpc) is 3.26. The van der Waals surface area contributed by atoms with Gasteiger partial charge in [-0.15, -0.1) is 10.2 Å². The van der Waals surface area contributed by atoms with E-state index in [9.17, 15) is 4.79 Å². The lowest BCUT2D eigenvalue weighted by Gasteiger charge is -2.18. The Kier molecular flexibility index (Phi) is 5.48. The number of rotatable bonds is 7. The molecule has 1 N–H and O–H groups in total. The molecule has 1 saturated heterocycles. The summed E-state index contributed by atoms with van der Waals surface area (Å²) in [7, 11) is 0. The number of para-hydroxylation sites is 1. The number of thioether (sulfide) groups is 1. The van der Waals surface area contributed by atoms with Gasteiger partial charge in [0.1, 0.15) is 0 Å². The first kappa shape index (κ1) is 21.5. The van der Waals surface area contributed by atoms with Gasteiger partial charge >= 0.3 is 0 Å². The molecule has 2 aromatic heterocycles. The number of benzene rings is 2. The molecule has 0 radical (unpaired) electrons. The number of carbonyl (C=O) groups is 1. The number of hydrogen-bond donors (Lipinski definition) is 1. The SMILES string of the molecule is CCn1c2ccccc2c2cc(NC(=O)[C@@H](C)Sc3nnc(N4CCCC4)n3C3CC3)ccc21. The average molecular weight is 475 g/mol. The lowest BCUT2D eigenvalue weighted by atomic mass is 10.1. The maximum atomic E-state index is 13.1. The molecule has 3 heterocycles. The van der Waals surface area contributed by atoms with Gasteiger partial charge in [-0.25, -0.2) is 0 Å². The van der Waals surface area contributed by atoms with Gasteiger partial charge in [0.05, 0.1) is 5.25 Å². The molecule has 8 heteroatoms. The lowest BCUT2D eigenvalue weighted by Crippen LogP contribution is -2.24. The molecule has 176 valence electrons. The largest absolute Gasteiger partial charge is 0.341 e. The molecule has 1 atom stereocenters. The molecule has 1 aliphatic heterocycles. The van der Waals surface area contributed by atoms with Gasteiger partial charge < -0.3 is 14.8 Å². The summed E-state index contributed by atoms with van der Waals surface area (Å²) >= 11 is 1.51. The monoisotopic (exact) mass is 474 g/mol. The summed E-state index contributed by atoms with van der Waals surface area (Å²) in [6.07, 6.45) is 4.75. The van der Waals surface area contributed by atoms with Crippen molar-refractivity contribution in [3.63, 3.8) is 0 Å². The van der Waals surface area contributed by atoms with Crippen molar-refractivity contribution in [3.8, 4) is 0 Å². The van der Waals surface area contributed by atoms with Crippen molar-refractivity contribution in [2.45, 2.75) is 62.5 Å². The third kappa shape index (κ3) is 3.74. The van der Waals surface area contributed by atoms with Crippen molar-refractivity contribution in [2.75, 3.05) is 23.3 Å². The number of anilines is 2. The van der Waals surface area contributed by atoms with E-state index in [-0.39, 0.29) is 11.2 Å². The van der Waals surface area contributed by atoms with Crippen LogP contribution in [0.15, 0.2) is 47.6 Å². The highest BCUT2D eigenvalue weighted by Gasteiger charge is 2.33. The smallest absolute Gasteiger partial charge is 0.237 e. The Morgan fingerprint density at radius 3 is 2.62 bits per heavy atom. The number of nitrogens with one attached hydrogen (secondary N) is 1. The first-order valence-electron chi connectivity index (χ1n) is 12.3. The molecular formula is C26H30N6OS. The van der Waals surface area contributed by atoms with Crippen LogP contribution in [-0.4, -0.2) is 43.6 Å². The van der Waals surface area contributed by atoms with Crippen LogP contribution < -0.4 is 10.2 Å². The molecule has 1 aliphatic carbocycles. The van der Waals surface area contributed by atoms with Gasteiger partial charge in [0, 0.05) is 53.2 Å². The molecule has 4 aromatic rings. The van der Waals surface area contributed by atoms with E-state index in [0.717, 1.165) is 36.4 Å². The minimum Gasteiger partial charge on any atom is -0.341 e. The number of amides is 1. The Balaban J connectivity index is 1.22. The van der Waals surface area contributed by atoms with E-state index in [1.165, 1.54) is 59.3 Å². The van der Waals surface area contributed by atoms with Gasteiger partial charge in [-0.05, 0) is 63.8 Å². The molecule has 2 fully saturated rings. The molecule has 1 saturated carbocycles. The summed E-state index contributed by atoms with van der Waals surface area (Å²) in [6, 6.07) is 15.1. The molecule has 2 aromatic carbocycles. The van der Waals surface area contributed by atoms with E-state index < -0.39 is 0 Å². The fraction of sp³-hybridized carbons (Fsp3) is 0.423. The maximum Gasteiger partial charge on any atom is 0.237 e. The van der Waals surface area contributed by atoms with Crippen LogP contribution in [0.5, 0.6) is 0 Å². The number of aryl methyl sites for hydroxylation is 1. The van der Waals surface area contributed by atoms with Crippen molar-refractivity contribution >= 4 is 51.1 Å². The van der Waals surface area contributed by atoms with Crippen LogP contribution in [0.25, 0.3) is 21.8 Å². The van der Waals surface area contributed by atoms with Crippen LogP contribution in [0.3, 0.4) is 0 Å². The molecule has 34 heavy (non-hydrogen) atoms. The molecule has 0 unspecified atom stereocenters. The number of hydrogen-bond acceptors (Lipinski definition) is 5. The van der Waals surface area contributed by atoms with Gasteiger partial charge in [0.25, 0.3) is 0 Å². The quantitative estimate of drug-likeness (QED) is 0.360. The van der Waals surface area contributed by atoms with Crippen LogP contribution in [-0.2, 0) is 11.3 Å². The zero-order valence-corrected chi connectivity index (χ0v) is 20.5. The molecule has 1 amide bonds. The first-order chi connectivity index (χ1) is 16.6. The maximum absolute atomic E-state index is 13.1. The Morgan fingerprint density at radius 2 is 1.85 bits per heavy atom. The lowest BCUT2D eigenvalue weighted by molar-refractivity contribution is -0.115. The third-order valence-electron chi connectivity index (χ3n) is 6.96. The predicted octanol–water partition coefficient (Wildman–Crippen LogP) is 5.46. The first-order valence-corrected chi connectivity index (χ1v) is 13.2. The van der Waals surface area contributed by atoms with Crippen molar-refractivity contribution in [3.05, 3.63) is 42.5 Å². The standard InChI is InChI=1S/C26H30N6OS/c1-3-31-22-9-5-4-8-20(22)21-16-18(10-13-23(21)31)27-24(33)17(2)34-26-29-28-25(30-14-6-7-15-30)32(26)19-11-12-19/h4-5,8-10,13,16-17,19H,3,6-7,11-12,14-15H2,1-2H3,(H,27,33)/t17-/m1/s1. The topological polar surface area (TPSA) is 68.0 Å². The van der Waals surface area contributed by atoms with E-state index >= 15 is 0 Å². The van der Waals surface area contributed by atoms with Gasteiger partial charge in [-0.2, -0.15) is 0 Å². The van der Waals surface area contributed by atoms with Crippen LogP contribution in [0.2, 0.25) is 0 Å². The highest BCUT2D eigenvalue weighted by atomic mass is 32.2. The summed E-state index contributed by atoms with van der Waals surface area (Å²) in [6.45, 7) is 7.11. The van der Waals surface area contributed by atoms with Crippen LogP contribution in [0.4, 0.5) is 11.6 Å². The minimum absolute atomic E-state index is 0.0170. The summed E-state index contributed by atoms with van der Waals surface area (Å²) < 4.78 is 4.59. The van der Waals surface area contributed by atoms with E-state index in [0.29, 0.717) is 6.04 Å². The fourth-order valence-electron chi connectivity index (χ4n) is 5.06. The Bertz CT molecular complexity index is 1360. The Hall–Kier alpha value is -3.00. The molecule has 6 rings (SSSR count). The van der Waals surface area contributed by atoms with Crippen LogP contribution in [0, 0.1) is 0 Å². The third-order valence-corrected chi connectivity index (χ3v) is 8.01. The van der Waals surface area contributed by atoms with Gasteiger partial charge in [0.2, 0.25) is 11.9 Å². The van der Waals surface area contributed by atoms with Gasteiger partial charge in [0.15, 0.2) is 5.16 Å². The molecular weight excluding hydrogens is 444 g/mol. The van der Waals surface area contributed by atoms with E-state index in [2.05, 4.69) is 72.9 Å².